The van der Waals surface area contributed by atoms with E-state index in [0.29, 0.717) is 6.42 Å². The second-order valence-corrected chi connectivity index (χ2v) is 3.79. The molecule has 0 aliphatic rings. The van der Waals surface area contributed by atoms with E-state index in [-0.39, 0.29) is 0 Å². The zero-order chi connectivity index (χ0) is 10.6. The summed E-state index contributed by atoms with van der Waals surface area (Å²) in [5.41, 5.74) is 2.14. The van der Waals surface area contributed by atoms with Gasteiger partial charge in [-0.15, -0.1) is 0 Å². The first-order valence-electron chi connectivity index (χ1n) is 4.54. The largest absolute Gasteiger partial charge is 0.376 e. The average Bonchev–Trinajstić information content (AvgIpc) is 2.16. The zero-order valence-electron chi connectivity index (χ0n) is 8.46. The minimum Gasteiger partial charge on any atom is -0.376 e. The lowest BCUT2D eigenvalue weighted by Crippen LogP contribution is -2.09. The summed E-state index contributed by atoms with van der Waals surface area (Å²) in [5, 5.41) is 0.741. The second-order valence-electron chi connectivity index (χ2n) is 3.39. The van der Waals surface area contributed by atoms with Gasteiger partial charge in [0.15, 0.2) is 0 Å². The van der Waals surface area contributed by atoms with Crippen molar-refractivity contribution in [3.63, 3.8) is 0 Å². The van der Waals surface area contributed by atoms with Gasteiger partial charge in [0.1, 0.15) is 6.29 Å². The first-order valence-corrected chi connectivity index (χ1v) is 4.92. The summed E-state index contributed by atoms with van der Waals surface area (Å²) >= 11 is 6.01. The Morgan fingerprint density at radius 2 is 2.14 bits per heavy atom. The van der Waals surface area contributed by atoms with Crippen LogP contribution in [0.25, 0.3) is 0 Å². The first-order chi connectivity index (χ1) is 6.65. The van der Waals surface area contributed by atoms with Crippen molar-refractivity contribution >= 4 is 23.6 Å². The molecule has 1 rings (SSSR count). The molecule has 3 heteroatoms. The van der Waals surface area contributed by atoms with Crippen molar-refractivity contribution < 1.29 is 4.79 Å². The predicted molar refractivity (Wildman–Crippen MR) is 60.2 cm³/mol. The van der Waals surface area contributed by atoms with Gasteiger partial charge in [-0.25, -0.2) is 0 Å². The molecule has 0 saturated carbocycles. The second kappa shape index (κ2) is 5.01. The third-order valence-corrected chi connectivity index (χ3v) is 2.36. The van der Waals surface area contributed by atoms with Gasteiger partial charge in [0.25, 0.3) is 0 Å². The molecule has 0 aliphatic heterocycles. The predicted octanol–water partition coefficient (Wildman–Crippen LogP) is 2.54. The summed E-state index contributed by atoms with van der Waals surface area (Å²) in [5.74, 6) is 0. The summed E-state index contributed by atoms with van der Waals surface area (Å²) in [6, 6.07) is 5.85. The normalized spacial score (nSPS) is 9.93. The average molecular weight is 212 g/mol. The Bertz CT molecular complexity index is 323. The number of aryl methyl sites for hydroxylation is 1. The summed E-state index contributed by atoms with van der Waals surface area (Å²) in [6.07, 6.45) is 2.28. The molecule has 1 aromatic rings. The van der Waals surface area contributed by atoms with E-state index < -0.39 is 0 Å². The maximum Gasteiger partial charge on any atom is 0.120 e. The van der Waals surface area contributed by atoms with Crippen molar-refractivity contribution in [1.82, 2.24) is 0 Å². The number of rotatable bonds is 4. The van der Waals surface area contributed by atoms with Crippen molar-refractivity contribution in [3.8, 4) is 0 Å². The summed E-state index contributed by atoms with van der Waals surface area (Å²) in [4.78, 5) is 12.2. The lowest BCUT2D eigenvalue weighted by Gasteiger charge is -2.15. The van der Waals surface area contributed by atoms with Gasteiger partial charge in [0.05, 0.1) is 10.7 Å². The van der Waals surface area contributed by atoms with Crippen LogP contribution in [0.5, 0.6) is 0 Å². The van der Waals surface area contributed by atoms with Crippen LogP contribution >= 0.6 is 11.6 Å². The molecule has 0 radical (unpaired) electrons. The first kappa shape index (κ1) is 11.1. The van der Waals surface area contributed by atoms with Gasteiger partial charge in [0, 0.05) is 20.5 Å². The molecule has 0 saturated heterocycles. The molecule has 0 heterocycles. The Hall–Kier alpha value is -1.02. The number of aldehydes is 1. The van der Waals surface area contributed by atoms with Gasteiger partial charge in [-0.05, 0) is 24.1 Å². The molecule has 0 unspecified atom stereocenters. The van der Waals surface area contributed by atoms with E-state index >= 15 is 0 Å². The Labute approximate surface area is 89.5 Å². The Morgan fingerprint density at radius 3 is 2.71 bits per heavy atom. The summed E-state index contributed by atoms with van der Waals surface area (Å²) < 4.78 is 0. The number of anilines is 1. The van der Waals surface area contributed by atoms with E-state index in [9.17, 15) is 4.79 Å². The van der Waals surface area contributed by atoms with Crippen molar-refractivity contribution in [2.75, 3.05) is 19.0 Å². The molecule has 0 aromatic heterocycles. The number of carbonyl (C=O) groups excluding carboxylic acids is 1. The zero-order valence-corrected chi connectivity index (χ0v) is 9.21. The van der Waals surface area contributed by atoms with Gasteiger partial charge in [-0.1, -0.05) is 17.7 Å². The van der Waals surface area contributed by atoms with Crippen molar-refractivity contribution in [1.29, 1.82) is 0 Å². The smallest absolute Gasteiger partial charge is 0.120 e. The highest BCUT2D eigenvalue weighted by molar-refractivity contribution is 6.33. The van der Waals surface area contributed by atoms with Crippen molar-refractivity contribution in [3.05, 3.63) is 28.8 Å². The minimum atomic E-state index is 0.564. The lowest BCUT2D eigenvalue weighted by atomic mass is 10.1. The van der Waals surface area contributed by atoms with Crippen molar-refractivity contribution in [2.45, 2.75) is 12.8 Å². The number of hydrogen-bond donors (Lipinski definition) is 0. The highest BCUT2D eigenvalue weighted by Gasteiger charge is 2.03. The third kappa shape index (κ3) is 2.74. The molecule has 0 aliphatic carbocycles. The fourth-order valence-corrected chi connectivity index (χ4v) is 1.57. The number of nitrogens with zero attached hydrogens (tertiary/aromatic N) is 1. The van der Waals surface area contributed by atoms with Gasteiger partial charge in [-0.2, -0.15) is 0 Å². The highest BCUT2D eigenvalue weighted by atomic mass is 35.5. The Morgan fingerprint density at radius 1 is 1.43 bits per heavy atom. The maximum absolute atomic E-state index is 10.2. The molecule has 0 spiro atoms. The molecule has 0 fully saturated rings. The number of carbonyl (C=O) groups is 1. The Balaban J connectivity index is 2.88. The third-order valence-electron chi connectivity index (χ3n) is 2.04. The van der Waals surface area contributed by atoms with Gasteiger partial charge >= 0.3 is 0 Å². The fourth-order valence-electron chi connectivity index (χ4n) is 1.28. The van der Waals surface area contributed by atoms with E-state index in [2.05, 4.69) is 0 Å². The van der Waals surface area contributed by atoms with E-state index in [0.717, 1.165) is 29.0 Å². The van der Waals surface area contributed by atoms with Gasteiger partial charge in [0.2, 0.25) is 0 Å². The molecule has 0 N–H and O–H groups in total. The monoisotopic (exact) mass is 211 g/mol. The molecular weight excluding hydrogens is 198 g/mol. The van der Waals surface area contributed by atoms with Crippen LogP contribution in [0.1, 0.15) is 12.0 Å². The minimum absolute atomic E-state index is 0.564. The molecule has 2 nitrogen and oxygen atoms in total. The topological polar surface area (TPSA) is 20.3 Å². The highest BCUT2D eigenvalue weighted by Crippen LogP contribution is 2.25. The molecule has 1 aromatic carbocycles. The van der Waals surface area contributed by atoms with E-state index in [1.807, 2.05) is 37.2 Å². The van der Waals surface area contributed by atoms with Gasteiger partial charge < -0.3 is 9.69 Å². The molecule has 0 bridgehead atoms. The number of halogens is 1. The standard InChI is InChI=1S/C11H14ClNO/c1-13(2)11-8-9(4-3-7-14)5-6-10(11)12/h5-8H,3-4H2,1-2H3. The molecule has 76 valence electrons. The number of hydrogen-bond acceptors (Lipinski definition) is 2. The fraction of sp³-hybridized carbons (Fsp3) is 0.364. The van der Waals surface area contributed by atoms with Crippen LogP contribution < -0.4 is 4.90 Å². The van der Waals surface area contributed by atoms with Gasteiger partial charge in [-0.3, -0.25) is 0 Å². The molecular formula is C11H14ClNO. The molecule has 14 heavy (non-hydrogen) atoms. The van der Waals surface area contributed by atoms with E-state index in [1.54, 1.807) is 0 Å². The number of benzene rings is 1. The van der Waals surface area contributed by atoms with Crippen LogP contribution in [0, 0.1) is 0 Å². The summed E-state index contributed by atoms with van der Waals surface area (Å²) in [7, 11) is 3.90. The summed E-state index contributed by atoms with van der Waals surface area (Å²) in [6.45, 7) is 0. The van der Waals surface area contributed by atoms with Crippen LogP contribution in [-0.4, -0.2) is 20.4 Å². The van der Waals surface area contributed by atoms with Crippen LogP contribution in [0.2, 0.25) is 5.02 Å². The van der Waals surface area contributed by atoms with Crippen LogP contribution in [0.4, 0.5) is 5.69 Å². The SMILES string of the molecule is CN(C)c1cc(CCC=O)ccc1Cl. The molecule has 0 amide bonds. The van der Waals surface area contributed by atoms with Crippen LogP contribution in [0.3, 0.4) is 0 Å². The van der Waals surface area contributed by atoms with Crippen LogP contribution in [0.15, 0.2) is 18.2 Å². The maximum atomic E-state index is 10.2. The van der Waals surface area contributed by atoms with Crippen molar-refractivity contribution in [2.24, 2.45) is 0 Å². The Kier molecular flexibility index (Phi) is 3.96. The van der Waals surface area contributed by atoms with Crippen LogP contribution in [-0.2, 0) is 11.2 Å². The molecule has 0 atom stereocenters. The lowest BCUT2D eigenvalue weighted by molar-refractivity contribution is -0.107. The quantitative estimate of drug-likeness (QED) is 0.714. The van der Waals surface area contributed by atoms with E-state index in [1.165, 1.54) is 0 Å². The van der Waals surface area contributed by atoms with E-state index in [4.69, 9.17) is 11.6 Å².